The van der Waals surface area contributed by atoms with E-state index in [1.165, 1.54) is 48.8 Å². The number of carbonyl (C=O) groups excluding carboxylic acids is 2. The Hall–Kier alpha value is -1.44. The Bertz CT molecular complexity index is 617. The Labute approximate surface area is 179 Å². The topological polar surface area (TPSA) is 34.1 Å². The standard InChI is InChI=1S/C27H44O2/c1-6-9-15-25(22(5)29)20-27-18-17-26(19-24(27)8-3)23(7-2)16-13-11-10-12-14-21(4)28/h17-19,23,25H,6-16,20H2,1-5H3. The molecule has 0 saturated heterocycles. The molecule has 2 heteroatoms. The minimum Gasteiger partial charge on any atom is -0.300 e. The Morgan fingerprint density at radius 2 is 1.59 bits per heavy atom. The normalized spacial score (nSPS) is 13.3. The maximum absolute atomic E-state index is 12.1. The molecular formula is C27H44O2. The van der Waals surface area contributed by atoms with Gasteiger partial charge in [0.25, 0.3) is 0 Å². The van der Waals surface area contributed by atoms with Crippen LogP contribution in [0.15, 0.2) is 18.2 Å². The fourth-order valence-electron chi connectivity index (χ4n) is 4.32. The Kier molecular flexibility index (Phi) is 12.8. The van der Waals surface area contributed by atoms with Crippen molar-refractivity contribution in [2.24, 2.45) is 5.92 Å². The van der Waals surface area contributed by atoms with Crippen LogP contribution in [-0.4, -0.2) is 11.6 Å². The van der Waals surface area contributed by atoms with Crippen LogP contribution < -0.4 is 0 Å². The molecule has 1 aromatic rings. The number of hydrogen-bond donors (Lipinski definition) is 0. The summed E-state index contributed by atoms with van der Waals surface area (Å²) in [5, 5.41) is 0. The Morgan fingerprint density at radius 3 is 2.17 bits per heavy atom. The van der Waals surface area contributed by atoms with E-state index in [1.54, 1.807) is 13.8 Å². The van der Waals surface area contributed by atoms with Gasteiger partial charge in [0.2, 0.25) is 0 Å². The van der Waals surface area contributed by atoms with E-state index >= 15 is 0 Å². The summed E-state index contributed by atoms with van der Waals surface area (Å²) in [5.74, 6) is 1.43. The van der Waals surface area contributed by atoms with Crippen molar-refractivity contribution in [2.45, 2.75) is 118 Å². The van der Waals surface area contributed by atoms with Crippen molar-refractivity contribution in [2.75, 3.05) is 0 Å². The first kappa shape index (κ1) is 25.6. The summed E-state index contributed by atoms with van der Waals surface area (Å²) in [6.45, 7) is 10.1. The maximum Gasteiger partial charge on any atom is 0.133 e. The second-order valence-electron chi connectivity index (χ2n) is 8.80. The molecule has 0 amide bonds. The van der Waals surface area contributed by atoms with Crippen LogP contribution in [0.1, 0.15) is 121 Å². The smallest absolute Gasteiger partial charge is 0.133 e. The van der Waals surface area contributed by atoms with E-state index in [4.69, 9.17) is 0 Å². The molecule has 0 radical (unpaired) electrons. The molecule has 0 spiro atoms. The van der Waals surface area contributed by atoms with Gasteiger partial charge in [-0.1, -0.05) is 71.1 Å². The van der Waals surface area contributed by atoms with Gasteiger partial charge in [-0.2, -0.15) is 0 Å². The van der Waals surface area contributed by atoms with Crippen LogP contribution in [0, 0.1) is 5.92 Å². The lowest BCUT2D eigenvalue weighted by Gasteiger charge is -2.20. The highest BCUT2D eigenvalue weighted by molar-refractivity contribution is 5.78. The number of ketones is 2. The first-order chi connectivity index (χ1) is 13.9. The summed E-state index contributed by atoms with van der Waals surface area (Å²) in [4.78, 5) is 23.1. The van der Waals surface area contributed by atoms with Crippen molar-refractivity contribution < 1.29 is 9.59 Å². The molecule has 164 valence electrons. The Morgan fingerprint density at radius 1 is 0.862 bits per heavy atom. The monoisotopic (exact) mass is 400 g/mol. The summed E-state index contributed by atoms with van der Waals surface area (Å²) in [6, 6.07) is 7.03. The number of benzene rings is 1. The quantitative estimate of drug-likeness (QED) is 0.268. The molecule has 0 aromatic heterocycles. The lowest BCUT2D eigenvalue weighted by atomic mass is 9.85. The van der Waals surface area contributed by atoms with E-state index < -0.39 is 0 Å². The molecule has 0 aliphatic heterocycles. The summed E-state index contributed by atoms with van der Waals surface area (Å²) < 4.78 is 0. The lowest BCUT2D eigenvalue weighted by Crippen LogP contribution is -2.15. The van der Waals surface area contributed by atoms with Crippen molar-refractivity contribution >= 4 is 11.6 Å². The van der Waals surface area contributed by atoms with Gasteiger partial charge >= 0.3 is 0 Å². The molecule has 2 nitrogen and oxygen atoms in total. The second kappa shape index (κ2) is 14.5. The molecule has 0 aliphatic rings. The van der Waals surface area contributed by atoms with Gasteiger partial charge in [-0.15, -0.1) is 0 Å². The molecular weight excluding hydrogens is 356 g/mol. The Balaban J connectivity index is 2.71. The maximum atomic E-state index is 12.1. The van der Waals surface area contributed by atoms with Crippen molar-refractivity contribution in [1.82, 2.24) is 0 Å². The summed E-state index contributed by atoms with van der Waals surface area (Å²) in [7, 11) is 0. The lowest BCUT2D eigenvalue weighted by molar-refractivity contribution is -0.121. The molecule has 2 atom stereocenters. The molecule has 0 fully saturated rings. The predicted molar refractivity (Wildman–Crippen MR) is 125 cm³/mol. The van der Waals surface area contributed by atoms with E-state index in [-0.39, 0.29) is 5.92 Å². The van der Waals surface area contributed by atoms with Crippen LogP contribution >= 0.6 is 0 Å². The van der Waals surface area contributed by atoms with E-state index in [0.717, 1.165) is 44.9 Å². The van der Waals surface area contributed by atoms with Gasteiger partial charge in [-0.05, 0) is 75.0 Å². The molecule has 0 N–H and O–H groups in total. The third kappa shape index (κ3) is 9.74. The largest absolute Gasteiger partial charge is 0.300 e. The van der Waals surface area contributed by atoms with Gasteiger partial charge in [-0.25, -0.2) is 0 Å². The van der Waals surface area contributed by atoms with Gasteiger partial charge in [0.05, 0.1) is 0 Å². The molecule has 0 bridgehead atoms. The highest BCUT2D eigenvalue weighted by Gasteiger charge is 2.17. The van der Waals surface area contributed by atoms with Crippen molar-refractivity contribution in [3.8, 4) is 0 Å². The summed E-state index contributed by atoms with van der Waals surface area (Å²) >= 11 is 0. The molecule has 0 aliphatic carbocycles. The zero-order chi connectivity index (χ0) is 21.6. The molecule has 2 unspecified atom stereocenters. The molecule has 29 heavy (non-hydrogen) atoms. The molecule has 1 aromatic carbocycles. The van der Waals surface area contributed by atoms with E-state index in [9.17, 15) is 9.59 Å². The van der Waals surface area contributed by atoms with Gasteiger partial charge in [0.1, 0.15) is 11.6 Å². The number of hydrogen-bond acceptors (Lipinski definition) is 2. The van der Waals surface area contributed by atoms with Crippen LogP contribution in [0.2, 0.25) is 0 Å². The fourth-order valence-corrected chi connectivity index (χ4v) is 4.32. The summed E-state index contributed by atoms with van der Waals surface area (Å²) in [6.07, 6.45) is 13.0. The van der Waals surface area contributed by atoms with Crippen LogP contribution in [0.4, 0.5) is 0 Å². The summed E-state index contributed by atoms with van der Waals surface area (Å²) in [5.41, 5.74) is 4.25. The first-order valence-electron chi connectivity index (χ1n) is 12.0. The third-order valence-electron chi connectivity index (χ3n) is 6.35. The van der Waals surface area contributed by atoms with E-state index in [0.29, 0.717) is 17.5 Å². The van der Waals surface area contributed by atoms with Crippen LogP contribution in [-0.2, 0) is 22.4 Å². The number of rotatable bonds is 16. The minimum absolute atomic E-state index is 0.170. The van der Waals surface area contributed by atoms with Gasteiger partial charge in [0, 0.05) is 12.3 Å². The predicted octanol–water partition coefficient (Wildman–Crippen LogP) is 7.61. The van der Waals surface area contributed by atoms with Crippen molar-refractivity contribution in [1.29, 1.82) is 0 Å². The van der Waals surface area contributed by atoms with E-state index in [1.807, 2.05) is 0 Å². The van der Waals surface area contributed by atoms with Gasteiger partial charge in [-0.3, -0.25) is 4.79 Å². The van der Waals surface area contributed by atoms with E-state index in [2.05, 4.69) is 39.0 Å². The number of carbonyl (C=O) groups is 2. The van der Waals surface area contributed by atoms with Crippen molar-refractivity contribution in [3.05, 3.63) is 34.9 Å². The van der Waals surface area contributed by atoms with Gasteiger partial charge < -0.3 is 4.79 Å². The molecule has 0 heterocycles. The number of Topliss-reactive ketones (excluding diaryl/α,β-unsaturated/α-hetero) is 2. The van der Waals surface area contributed by atoms with Gasteiger partial charge in [0.15, 0.2) is 0 Å². The zero-order valence-corrected chi connectivity index (χ0v) is 19.7. The first-order valence-corrected chi connectivity index (χ1v) is 12.0. The fraction of sp³-hybridized carbons (Fsp3) is 0.704. The van der Waals surface area contributed by atoms with Crippen LogP contribution in [0.5, 0.6) is 0 Å². The molecule has 0 saturated carbocycles. The van der Waals surface area contributed by atoms with Crippen molar-refractivity contribution in [3.63, 3.8) is 0 Å². The second-order valence-corrected chi connectivity index (χ2v) is 8.80. The highest BCUT2D eigenvalue weighted by Crippen LogP contribution is 2.29. The SMILES string of the molecule is CCCCC(Cc1ccc(C(CC)CCCCCCC(C)=O)cc1CC)C(C)=O. The number of unbranched alkanes of at least 4 members (excludes halogenated alkanes) is 4. The molecule has 1 rings (SSSR count). The van der Waals surface area contributed by atoms with Crippen LogP contribution in [0.3, 0.4) is 0 Å². The number of aryl methyl sites for hydroxylation is 1. The average Bonchev–Trinajstić information content (AvgIpc) is 2.70. The minimum atomic E-state index is 0.170. The van der Waals surface area contributed by atoms with Crippen LogP contribution in [0.25, 0.3) is 0 Å². The third-order valence-corrected chi connectivity index (χ3v) is 6.35. The highest BCUT2D eigenvalue weighted by atomic mass is 16.1. The average molecular weight is 401 g/mol. The zero-order valence-electron chi connectivity index (χ0n) is 19.7.